The molecule has 364 valence electrons. The van der Waals surface area contributed by atoms with E-state index in [-0.39, 0.29) is 67.9 Å². The number of benzene rings is 1. The lowest BCUT2D eigenvalue weighted by Crippen LogP contribution is -2.58. The fourth-order valence-electron chi connectivity index (χ4n) is 9.77. The summed E-state index contributed by atoms with van der Waals surface area (Å²) in [7, 11) is -2.71. The van der Waals surface area contributed by atoms with Crippen molar-refractivity contribution in [3.63, 3.8) is 0 Å². The zero-order valence-corrected chi connectivity index (χ0v) is 40.3. The molecule has 7 unspecified atom stereocenters. The maximum Gasteiger partial charge on any atom is 0.481 e. The Morgan fingerprint density at radius 3 is 2.41 bits per heavy atom. The highest BCUT2D eigenvalue weighted by molar-refractivity contribution is 7.91. The number of halogens is 3. The number of allylic oxidation sites excluding steroid dienone is 1. The first kappa shape index (κ1) is 49.3. The first-order valence-corrected chi connectivity index (χ1v) is 24.9. The van der Waals surface area contributed by atoms with Gasteiger partial charge in [-0.15, -0.1) is 0 Å². The summed E-state index contributed by atoms with van der Waals surface area (Å²) in [6.07, 6.45) is 2.21. The summed E-state index contributed by atoms with van der Waals surface area (Å²) >= 11 is 0. The van der Waals surface area contributed by atoms with E-state index in [1.54, 1.807) is 44.2 Å². The molecule has 2 aromatic rings. The molecule has 0 bridgehead atoms. The van der Waals surface area contributed by atoms with Crippen molar-refractivity contribution < 1.29 is 59.5 Å². The van der Waals surface area contributed by atoms with Crippen LogP contribution in [0.25, 0.3) is 10.9 Å². The third kappa shape index (κ3) is 10.3. The number of rotatable bonds is 8. The number of hydrogen-bond acceptors (Lipinski definition) is 10. The molecule has 1 aromatic carbocycles. The number of nitrogens with zero attached hydrogens (tertiary/aromatic N) is 2. The minimum Gasteiger partial charge on any atom is -0.490 e. The molecule has 14 nitrogen and oxygen atoms in total. The molecule has 3 N–H and O–H groups in total. The third-order valence-electron chi connectivity index (χ3n) is 14.3. The van der Waals surface area contributed by atoms with Crippen LogP contribution in [0.1, 0.15) is 130 Å². The van der Waals surface area contributed by atoms with Gasteiger partial charge in [0, 0.05) is 36.6 Å². The first-order chi connectivity index (χ1) is 30.8. The number of carbonyl (C=O) groups is 3. The van der Waals surface area contributed by atoms with E-state index in [1.165, 1.54) is 18.9 Å². The van der Waals surface area contributed by atoms with Gasteiger partial charge >= 0.3 is 18.0 Å². The maximum atomic E-state index is 15.4. The minimum absolute atomic E-state index is 0.0000644. The number of fused-ring (bicyclic) bond motifs is 4. The van der Waals surface area contributed by atoms with Crippen molar-refractivity contribution in [2.45, 2.75) is 184 Å². The Morgan fingerprint density at radius 2 is 1.76 bits per heavy atom. The van der Waals surface area contributed by atoms with Crippen molar-refractivity contribution in [2.75, 3.05) is 6.54 Å². The van der Waals surface area contributed by atoms with Crippen LogP contribution in [0, 0.1) is 5.92 Å². The van der Waals surface area contributed by atoms with Gasteiger partial charge in [0.1, 0.15) is 42.2 Å². The van der Waals surface area contributed by atoms with Crippen LogP contribution in [0.3, 0.4) is 0 Å². The number of aromatic nitrogens is 1. The molecule has 1 spiro atoms. The second kappa shape index (κ2) is 18.5. The Balaban J connectivity index is 1.27. The fraction of sp³-hybridized carbons (Fsp3) is 0.667. The smallest absolute Gasteiger partial charge is 0.481 e. The van der Waals surface area contributed by atoms with E-state index in [1.807, 2.05) is 27.7 Å². The van der Waals surface area contributed by atoms with Gasteiger partial charge in [0.25, 0.3) is 5.91 Å². The number of amides is 3. The summed E-state index contributed by atoms with van der Waals surface area (Å²) in [5, 5.41) is 6.49. The number of sulfonamides is 1. The quantitative estimate of drug-likeness (QED) is 0.182. The number of alkyl halides is 3. The zero-order valence-electron chi connectivity index (χ0n) is 39.4. The molecule has 66 heavy (non-hydrogen) atoms. The molecule has 7 atom stereocenters. The van der Waals surface area contributed by atoms with Crippen molar-refractivity contribution in [1.29, 1.82) is 0 Å². The number of ether oxygens (including phenoxy) is 4. The molecule has 3 amide bonds. The molecular weight excluding hydrogens is 880 g/mol. The van der Waals surface area contributed by atoms with Gasteiger partial charge in [-0.1, -0.05) is 45.4 Å². The van der Waals surface area contributed by atoms with E-state index in [9.17, 15) is 18.0 Å². The normalized spacial score (nSPS) is 29.8. The van der Waals surface area contributed by atoms with Gasteiger partial charge < -0.3 is 34.5 Å². The van der Waals surface area contributed by atoms with Gasteiger partial charge in [-0.3, -0.25) is 14.3 Å². The third-order valence-corrected chi connectivity index (χ3v) is 16.5. The Kier molecular flexibility index (Phi) is 13.8. The number of nitrogens with one attached hydrogen (secondary N) is 3. The van der Waals surface area contributed by atoms with E-state index in [0.29, 0.717) is 73.6 Å². The van der Waals surface area contributed by atoms with Crippen molar-refractivity contribution in [1.82, 2.24) is 20.3 Å². The van der Waals surface area contributed by atoms with Gasteiger partial charge in [-0.05, 0) is 97.6 Å². The topological polar surface area (TPSA) is 165 Å². The van der Waals surface area contributed by atoms with Crippen LogP contribution in [-0.4, -0.2) is 90.2 Å². The molecule has 3 fully saturated rings. The van der Waals surface area contributed by atoms with E-state index < -0.39 is 73.9 Å². The second-order valence-corrected chi connectivity index (χ2v) is 22.4. The lowest BCUT2D eigenvalue weighted by Gasteiger charge is -2.36. The largest absolute Gasteiger partial charge is 0.490 e. The summed E-state index contributed by atoms with van der Waals surface area (Å²) in [5.74, 6) is -1.21. The van der Waals surface area contributed by atoms with E-state index in [4.69, 9.17) is 18.9 Å². The molecule has 18 heteroatoms. The molecule has 5 aliphatic rings. The maximum absolute atomic E-state index is 15.4. The lowest BCUT2D eigenvalue weighted by molar-refractivity contribution is -0.666. The highest BCUT2D eigenvalue weighted by Gasteiger charge is 2.57. The standard InChI is InChI=1S/C48H66F3N5O9S/c1-28(2)32(6)63-44(59)52-37-15-13-11-10-12-14-19-46(8,43(58)54-66(60,61)45(7)21-22-45)53-31(5)39-26-47(27-56(39)42(37)57)20-18-35-36-25-33(64-34-23-29(3)62-30(4)24-34)16-17-38(36)55(9)41(40(35)65-47)48(49,50)51/h14,16-17,19,25,28-30,32,34,37,39,53H,5,10-13,15,18,20-24,26-27H2,1-4,6-9H3,(H-,52,54,58,59)/p+1. The molecule has 1 aromatic heterocycles. The number of hydrogen-bond donors (Lipinski definition) is 3. The SMILES string of the molecule is C=C1NC(C)(C(=O)NS(=O)(=O)C2(C)CC2)C=CCCCCCC(NC(=O)OC(C)C(C)C)C(=O)N2CC3(CCc4c(c(C(F)(F)F)[n+](C)c5ccc(OC6CC(C)OC(C)C6)cc45)O3)CC12. The van der Waals surface area contributed by atoms with Crippen LogP contribution >= 0.6 is 0 Å². The van der Waals surface area contributed by atoms with E-state index in [0.717, 1.165) is 4.57 Å². The average Bonchev–Trinajstić information content (AvgIpc) is 3.88. The Bertz CT molecular complexity index is 2360. The molecule has 5 heterocycles. The van der Waals surface area contributed by atoms with Gasteiger partial charge in [-0.25, -0.2) is 13.2 Å². The van der Waals surface area contributed by atoms with Crippen molar-refractivity contribution in [3.05, 3.63) is 53.9 Å². The molecular formula is C48H67F3N5O9S+. The molecule has 7 rings (SSSR count). The van der Waals surface area contributed by atoms with Crippen LogP contribution in [0.5, 0.6) is 11.5 Å². The van der Waals surface area contributed by atoms with Crippen LogP contribution < -0.4 is 29.4 Å². The Morgan fingerprint density at radius 1 is 1.06 bits per heavy atom. The zero-order chi connectivity index (χ0) is 48.1. The molecule has 0 radical (unpaired) electrons. The van der Waals surface area contributed by atoms with Gasteiger partial charge in [-0.2, -0.15) is 17.7 Å². The molecule has 4 aliphatic heterocycles. The van der Waals surface area contributed by atoms with Crippen molar-refractivity contribution in [3.8, 4) is 11.5 Å². The van der Waals surface area contributed by atoms with Crippen molar-refractivity contribution in [2.24, 2.45) is 13.0 Å². The van der Waals surface area contributed by atoms with Gasteiger partial charge in [0.15, 0.2) is 0 Å². The van der Waals surface area contributed by atoms with Crippen molar-refractivity contribution >= 4 is 38.8 Å². The molecule has 2 saturated heterocycles. The van der Waals surface area contributed by atoms with Crippen LogP contribution in [0.15, 0.2) is 42.6 Å². The highest BCUT2D eigenvalue weighted by Crippen LogP contribution is 2.49. The summed E-state index contributed by atoms with van der Waals surface area (Å²) in [6, 6.07) is 3.02. The number of aryl methyl sites for hydroxylation is 2. The van der Waals surface area contributed by atoms with Gasteiger partial charge in [0.05, 0.1) is 34.9 Å². The Hall–Kier alpha value is -4.58. The minimum atomic E-state index is -4.85. The summed E-state index contributed by atoms with van der Waals surface area (Å²) in [5.41, 5.74) is -3.22. The van der Waals surface area contributed by atoms with Gasteiger partial charge in [0.2, 0.25) is 27.2 Å². The lowest BCUT2D eigenvalue weighted by atomic mass is 9.86. The predicted octanol–water partition coefficient (Wildman–Crippen LogP) is 7.20. The number of pyridine rings is 1. The highest BCUT2D eigenvalue weighted by atomic mass is 32.2. The first-order valence-electron chi connectivity index (χ1n) is 23.4. The monoisotopic (exact) mass is 946 g/mol. The van der Waals surface area contributed by atoms with E-state index in [2.05, 4.69) is 21.9 Å². The Labute approximate surface area is 386 Å². The fourth-order valence-corrected chi connectivity index (χ4v) is 11.1. The average molecular weight is 947 g/mol. The molecule has 1 saturated carbocycles. The van der Waals surface area contributed by atoms with E-state index >= 15 is 18.0 Å². The summed E-state index contributed by atoms with van der Waals surface area (Å²) in [4.78, 5) is 43.9. The summed E-state index contributed by atoms with van der Waals surface area (Å²) in [6.45, 7) is 16.7. The van der Waals surface area contributed by atoms with Crippen LogP contribution in [0.4, 0.5) is 18.0 Å². The number of alkyl carbamates (subject to hydrolysis) is 1. The summed E-state index contributed by atoms with van der Waals surface area (Å²) < 4.78 is 99.7. The predicted molar refractivity (Wildman–Crippen MR) is 241 cm³/mol. The second-order valence-electron chi connectivity index (χ2n) is 20.2. The van der Waals surface area contributed by atoms with Crippen LogP contribution in [-0.2, 0) is 48.7 Å². The number of carbonyl (C=O) groups excluding carboxylic acids is 3. The van der Waals surface area contributed by atoms with Crippen LogP contribution in [0.2, 0.25) is 0 Å². The molecule has 1 aliphatic carbocycles.